The molecule has 1 rings (SSSR count). The highest BCUT2D eigenvalue weighted by Crippen LogP contribution is 2.24. The molecule has 0 aliphatic carbocycles. The van der Waals surface area contributed by atoms with Gasteiger partial charge >= 0.3 is 0 Å². The number of aromatic nitrogens is 3. The fourth-order valence-electron chi connectivity index (χ4n) is 12.1. The number of aliphatic hydroxyl groups is 1. The zero-order valence-electron chi connectivity index (χ0n) is 65.3. The molecule has 1 aromatic rings. The fourth-order valence-corrected chi connectivity index (χ4v) is 20.9. The molecule has 6 amide bonds. The second-order valence-corrected chi connectivity index (χ2v) is 37.4. The van der Waals surface area contributed by atoms with Crippen LogP contribution in [0.15, 0.2) is 6.20 Å². The minimum absolute atomic E-state index is 0.0529. The van der Waals surface area contributed by atoms with E-state index in [4.69, 9.17) is 48.0 Å². The number of Topliss-reactive ketones (excluding diaryl/α,β-unsaturated/α-hetero) is 1. The predicted octanol–water partition coefficient (Wildman–Crippen LogP) is 1.68. The molecule has 600 valence electrons. The number of nitrogens with zero attached hydrogens (tertiary/aromatic N) is 10. The van der Waals surface area contributed by atoms with Gasteiger partial charge in [-0.3, -0.25) is 38.2 Å². The van der Waals surface area contributed by atoms with E-state index in [2.05, 4.69) is 52.5 Å². The number of rotatable bonds is 71. The lowest BCUT2D eigenvalue weighted by atomic mass is 9.96. The molecule has 1 heterocycles. The quantitative estimate of drug-likeness (QED) is 0.0328. The van der Waals surface area contributed by atoms with Gasteiger partial charge in [-0.1, -0.05) is 5.21 Å². The maximum absolute atomic E-state index is 14.3. The first kappa shape index (κ1) is 96.5. The van der Waals surface area contributed by atoms with Crippen LogP contribution < -0.4 is 50.4 Å². The summed E-state index contributed by atoms with van der Waals surface area (Å²) in [6, 6.07) is 1.88. The fraction of sp³-hybridized carbons (Fsp3) is 0.873. The van der Waals surface area contributed by atoms with Crippen LogP contribution in [0, 0.1) is 5.92 Å². The van der Waals surface area contributed by atoms with Crippen LogP contribution in [0.5, 0.6) is 0 Å². The highest BCUT2D eigenvalue weighted by Gasteiger charge is 2.33. The number of nitrogens with one attached hydrogen (secondary N) is 3. The molecule has 1 atom stereocenters. The van der Waals surface area contributed by atoms with Gasteiger partial charge in [0.2, 0.25) is 35.4 Å². The van der Waals surface area contributed by atoms with Crippen LogP contribution in [-0.4, -0.2) is 316 Å². The van der Waals surface area contributed by atoms with Crippen LogP contribution in [0.25, 0.3) is 0 Å². The summed E-state index contributed by atoms with van der Waals surface area (Å²) >= 11 is 0. The first-order valence-electron chi connectivity index (χ1n) is 39.0. The Labute approximate surface area is 622 Å². The second-order valence-electron chi connectivity index (χ2n) is 28.5. The van der Waals surface area contributed by atoms with Crippen LogP contribution in [-0.2, 0) is 60.2 Å². The van der Waals surface area contributed by atoms with Crippen LogP contribution in [0.2, 0.25) is 38.3 Å². The van der Waals surface area contributed by atoms with Gasteiger partial charge in [0.1, 0.15) is 5.78 Å². The largest absolute Gasteiger partial charge is 0.455 e. The van der Waals surface area contributed by atoms with E-state index in [1.807, 2.05) is 25.2 Å². The van der Waals surface area contributed by atoms with Crippen molar-refractivity contribution in [1.29, 1.82) is 0 Å². The molecule has 103 heavy (non-hydrogen) atoms. The Balaban J connectivity index is 3.18. The molecule has 16 N–H and O–H groups in total. The Morgan fingerprint density at radius 1 is 0.466 bits per heavy atom. The zero-order chi connectivity index (χ0) is 76.4. The third-order valence-corrected chi connectivity index (χ3v) is 25.6. The lowest BCUT2D eigenvalue weighted by molar-refractivity contribution is -0.138. The number of aliphatic hydroxyl groups excluding tert-OH is 1. The van der Waals surface area contributed by atoms with Crippen molar-refractivity contribution in [3.05, 3.63) is 11.9 Å². The Hall–Kier alpha value is -4.50. The molecule has 1 unspecified atom stereocenters. The molecular weight excluding hydrogens is 1350 g/mol. The Morgan fingerprint density at radius 3 is 1.24 bits per heavy atom. The van der Waals surface area contributed by atoms with Gasteiger partial charge in [-0.25, -0.2) is 0 Å². The maximum Gasteiger partial charge on any atom is 0.222 e. The standard InChI is InChI=1S/C71H147N19O11Si2/c1-63(92)84(51-53-91)41-42-85(70(97)27-13-19-40-90-62-65(81-82-90)61-83(2)3)43-44-86(67(94)23-9-15-30-73)45-46-87(68(95)24-10-16-31-74)47-48-88(69(96)25-11-17-32-75)49-50-89(71(98)26-12-18-33-76)52-57-100-55-21-59-103(6,7)101-102(4,5)58-20-54-99-56-28-64(66(93)22-8-14-29-72)60-80-39-38-79-37-36-78-35-34-77/h62,64,78-80,91H,8-61,72-77H2,1-7H3. The van der Waals surface area contributed by atoms with Gasteiger partial charge in [-0.15, -0.1) is 5.10 Å². The number of hydrogen-bond acceptors (Lipinski definition) is 23. The number of ether oxygens (including phenoxy) is 2. The molecule has 0 saturated heterocycles. The third kappa shape index (κ3) is 49.9. The number of carbonyl (C=O) groups is 7. The normalized spacial score (nSPS) is 12.1. The van der Waals surface area contributed by atoms with Gasteiger partial charge in [-0.2, -0.15) is 0 Å². The smallest absolute Gasteiger partial charge is 0.222 e. The van der Waals surface area contributed by atoms with Crippen molar-refractivity contribution in [2.24, 2.45) is 40.3 Å². The van der Waals surface area contributed by atoms with Gasteiger partial charge in [0.15, 0.2) is 16.6 Å². The number of aryl methyl sites for hydroxylation is 1. The van der Waals surface area contributed by atoms with Crippen LogP contribution in [0.4, 0.5) is 0 Å². The molecule has 32 heteroatoms. The molecular formula is C71H147N19O11Si2. The monoisotopic (exact) mass is 1500 g/mol. The minimum Gasteiger partial charge on any atom is -0.455 e. The summed E-state index contributed by atoms with van der Waals surface area (Å²) in [5, 5.41) is 28.4. The summed E-state index contributed by atoms with van der Waals surface area (Å²) in [6.07, 6.45) is 13.9. The van der Waals surface area contributed by atoms with Gasteiger partial charge in [0.25, 0.3) is 0 Å². The number of amides is 6. The lowest BCUT2D eigenvalue weighted by Crippen LogP contribution is -2.49. The van der Waals surface area contributed by atoms with E-state index in [1.54, 1.807) is 29.2 Å². The van der Waals surface area contributed by atoms with E-state index in [0.29, 0.717) is 175 Å². The van der Waals surface area contributed by atoms with Crippen molar-refractivity contribution < 1.29 is 52.3 Å². The van der Waals surface area contributed by atoms with Crippen LogP contribution >= 0.6 is 0 Å². The summed E-state index contributed by atoms with van der Waals surface area (Å²) in [5.41, 5.74) is 35.6. The van der Waals surface area contributed by atoms with Gasteiger partial charge < -0.3 is 103 Å². The van der Waals surface area contributed by atoms with Gasteiger partial charge in [0.05, 0.1) is 18.9 Å². The summed E-state index contributed by atoms with van der Waals surface area (Å²) < 4.78 is 21.1. The van der Waals surface area contributed by atoms with Crippen molar-refractivity contribution in [2.45, 2.75) is 193 Å². The van der Waals surface area contributed by atoms with Crippen molar-refractivity contribution in [2.75, 3.05) is 204 Å². The molecule has 0 aliphatic heterocycles. The molecule has 1 aromatic heterocycles. The van der Waals surface area contributed by atoms with E-state index in [-0.39, 0.29) is 151 Å². The maximum atomic E-state index is 14.3. The van der Waals surface area contributed by atoms with Crippen molar-refractivity contribution in [3.63, 3.8) is 0 Å². The molecule has 0 aromatic carbocycles. The minimum atomic E-state index is -2.07. The lowest BCUT2D eigenvalue weighted by Gasteiger charge is -2.34. The number of carbonyl (C=O) groups excluding carboxylic acids is 7. The molecule has 0 aliphatic rings. The highest BCUT2D eigenvalue weighted by atomic mass is 28.4. The Morgan fingerprint density at radius 2 is 0.845 bits per heavy atom. The van der Waals surface area contributed by atoms with E-state index in [1.165, 1.54) is 11.8 Å². The van der Waals surface area contributed by atoms with Crippen molar-refractivity contribution >= 4 is 57.9 Å². The summed E-state index contributed by atoms with van der Waals surface area (Å²) in [4.78, 5) is 109. The van der Waals surface area contributed by atoms with Gasteiger partial charge in [0, 0.05) is 215 Å². The van der Waals surface area contributed by atoms with E-state index >= 15 is 0 Å². The van der Waals surface area contributed by atoms with E-state index in [0.717, 1.165) is 76.2 Å². The molecule has 0 radical (unpaired) electrons. The Kier molecular flexibility index (Phi) is 57.6. The molecule has 0 saturated carbocycles. The average Bonchev–Trinajstić information content (AvgIpc) is 1.42. The van der Waals surface area contributed by atoms with Crippen molar-refractivity contribution in [1.82, 2.24) is 65.2 Å². The molecule has 0 spiro atoms. The Bertz CT molecular complexity index is 2370. The molecule has 0 fully saturated rings. The third-order valence-electron chi connectivity index (χ3n) is 18.1. The van der Waals surface area contributed by atoms with Gasteiger partial charge in [-0.05, 0) is 181 Å². The van der Waals surface area contributed by atoms with E-state index < -0.39 is 16.6 Å². The SMILES string of the molecule is CC(=O)N(CCO)CCN(CCN(CCN(CCN(CCN(CCOCCC[Si](C)(C)O[Si](C)(C)CCCOCCC(CNCCNCCNCCN)C(=O)CCCCN)C(=O)CCCCN)C(=O)CCCCN)C(=O)CCCCN)C(=O)CCCCN)C(=O)CCCCn1cc(CN(C)C)nn1. The van der Waals surface area contributed by atoms with E-state index in [9.17, 15) is 38.7 Å². The number of hydrogen-bond donors (Lipinski definition) is 10. The second kappa shape index (κ2) is 61.5. The number of ketones is 1. The average molecular weight is 1500 g/mol. The van der Waals surface area contributed by atoms with Crippen molar-refractivity contribution in [3.8, 4) is 0 Å². The summed E-state index contributed by atoms with van der Waals surface area (Å²) in [6.45, 7) is 23.4. The topological polar surface area (TPSA) is 413 Å². The predicted molar refractivity (Wildman–Crippen MR) is 415 cm³/mol. The first-order valence-corrected chi connectivity index (χ1v) is 45.2. The zero-order valence-corrected chi connectivity index (χ0v) is 67.3. The molecule has 30 nitrogen and oxygen atoms in total. The number of unbranched alkanes of at least 4 members (excludes halogenated alkanes) is 6. The van der Waals surface area contributed by atoms with Crippen LogP contribution in [0.1, 0.15) is 147 Å². The summed E-state index contributed by atoms with van der Waals surface area (Å²) in [5.74, 6) is -0.663. The van der Waals surface area contributed by atoms with Crippen LogP contribution in [0.3, 0.4) is 0 Å². The number of nitrogens with two attached hydrogens (primary N) is 6. The highest BCUT2D eigenvalue weighted by molar-refractivity contribution is 6.84. The summed E-state index contributed by atoms with van der Waals surface area (Å²) in [7, 11) is -0.178. The molecule has 0 bridgehead atoms. The first-order chi connectivity index (χ1) is 49.5.